The van der Waals surface area contributed by atoms with Crippen LogP contribution < -0.4 is 9.64 Å². The van der Waals surface area contributed by atoms with Crippen LogP contribution in [0.5, 0.6) is 5.75 Å². The van der Waals surface area contributed by atoms with Crippen molar-refractivity contribution in [3.05, 3.63) is 95.0 Å². The molecule has 4 rings (SSSR count). The molecule has 3 aromatic rings. The van der Waals surface area contributed by atoms with Gasteiger partial charge in [0.05, 0.1) is 17.5 Å². The third-order valence-electron chi connectivity index (χ3n) is 5.46. The minimum absolute atomic E-state index is 0.0604. The number of hydrogen-bond donors (Lipinski definition) is 0. The van der Waals surface area contributed by atoms with E-state index in [2.05, 4.69) is 0 Å². The van der Waals surface area contributed by atoms with E-state index < -0.39 is 15.9 Å². The van der Waals surface area contributed by atoms with Crippen molar-refractivity contribution in [2.45, 2.75) is 12.5 Å². The molecule has 0 radical (unpaired) electrons. The Labute approximate surface area is 197 Å². The molecule has 1 heterocycles. The molecule has 3 aromatic carbocycles. The second-order valence-electron chi connectivity index (χ2n) is 7.81. The van der Waals surface area contributed by atoms with Crippen LogP contribution in [-0.2, 0) is 14.6 Å². The van der Waals surface area contributed by atoms with Gasteiger partial charge in [0.25, 0.3) is 5.91 Å². The number of ketones is 1. The Kier molecular flexibility index (Phi) is 6.81. The van der Waals surface area contributed by atoms with Gasteiger partial charge in [-0.05, 0) is 67.1 Å². The summed E-state index contributed by atoms with van der Waals surface area (Å²) >= 11 is 5.87. The van der Waals surface area contributed by atoms with Gasteiger partial charge in [0.1, 0.15) is 5.75 Å². The van der Waals surface area contributed by atoms with Crippen LogP contribution in [0.15, 0.2) is 78.9 Å². The molecule has 1 unspecified atom stereocenters. The molecule has 0 bridgehead atoms. The normalized spacial score (nSPS) is 16.8. The number of nitrogens with zero attached hydrogens (tertiary/aromatic N) is 1. The Balaban J connectivity index is 1.44. The average Bonchev–Trinajstić information content (AvgIpc) is 3.18. The Morgan fingerprint density at radius 3 is 2.09 bits per heavy atom. The Morgan fingerprint density at radius 2 is 1.52 bits per heavy atom. The molecule has 0 saturated carbocycles. The second-order valence-corrected chi connectivity index (χ2v) is 10.5. The van der Waals surface area contributed by atoms with Gasteiger partial charge in [-0.25, -0.2) is 8.42 Å². The molecule has 1 saturated heterocycles. The number of benzene rings is 3. The highest BCUT2D eigenvalue weighted by Gasteiger charge is 2.35. The summed E-state index contributed by atoms with van der Waals surface area (Å²) in [5.41, 5.74) is 1.64. The number of anilines is 1. The third-order valence-corrected chi connectivity index (χ3v) is 7.46. The van der Waals surface area contributed by atoms with Crippen molar-refractivity contribution in [3.63, 3.8) is 0 Å². The van der Waals surface area contributed by atoms with Crippen LogP contribution in [0.4, 0.5) is 5.69 Å². The smallest absolute Gasteiger partial charge is 0.265 e. The molecule has 170 valence electrons. The van der Waals surface area contributed by atoms with Crippen LogP contribution in [0, 0.1) is 0 Å². The van der Waals surface area contributed by atoms with Crippen LogP contribution in [0.3, 0.4) is 0 Å². The number of carbonyl (C=O) groups is 2. The average molecular weight is 484 g/mol. The number of hydrogen-bond acceptors (Lipinski definition) is 5. The van der Waals surface area contributed by atoms with Crippen molar-refractivity contribution in [1.82, 2.24) is 0 Å². The first kappa shape index (κ1) is 23.0. The summed E-state index contributed by atoms with van der Waals surface area (Å²) in [6.07, 6.45) is 0.393. The maximum atomic E-state index is 13.0. The summed E-state index contributed by atoms with van der Waals surface area (Å²) in [5, 5.41) is 0.555. The standard InChI is InChI=1S/C25H22ClNO5S/c26-20-10-6-18(7-11-20)25(29)19-8-12-23(13-9-19)32-16-24(28)27(21-4-2-1-3-5-21)22-14-15-33(30,31)17-22/h1-13,22H,14-17H2. The molecule has 0 spiro atoms. The van der Waals surface area contributed by atoms with Gasteiger partial charge in [-0.2, -0.15) is 0 Å². The van der Waals surface area contributed by atoms with Gasteiger partial charge in [0, 0.05) is 21.8 Å². The molecule has 0 aromatic heterocycles. The van der Waals surface area contributed by atoms with E-state index in [1.54, 1.807) is 72.8 Å². The number of rotatable bonds is 7. The van der Waals surface area contributed by atoms with E-state index in [4.69, 9.17) is 16.3 Å². The number of ether oxygens (including phenoxy) is 1. The molecular weight excluding hydrogens is 462 g/mol. The topological polar surface area (TPSA) is 80.8 Å². The van der Waals surface area contributed by atoms with E-state index in [-0.39, 0.29) is 29.8 Å². The first-order valence-electron chi connectivity index (χ1n) is 10.4. The summed E-state index contributed by atoms with van der Waals surface area (Å²) in [4.78, 5) is 27.1. The Bertz CT molecular complexity index is 1240. The fourth-order valence-electron chi connectivity index (χ4n) is 3.81. The van der Waals surface area contributed by atoms with Crippen LogP contribution in [0.2, 0.25) is 5.02 Å². The van der Waals surface area contributed by atoms with Gasteiger partial charge >= 0.3 is 0 Å². The van der Waals surface area contributed by atoms with Crippen molar-refractivity contribution >= 4 is 38.8 Å². The zero-order chi connectivity index (χ0) is 23.4. The summed E-state index contributed by atoms with van der Waals surface area (Å²) in [5.74, 6) is -0.0346. The minimum atomic E-state index is -3.16. The predicted octanol–water partition coefficient (Wildman–Crippen LogP) is 4.17. The molecule has 1 aliphatic rings. The van der Waals surface area contributed by atoms with E-state index in [1.807, 2.05) is 6.07 Å². The summed E-state index contributed by atoms with van der Waals surface area (Å²) in [6, 6.07) is 21.7. The summed E-state index contributed by atoms with van der Waals surface area (Å²) in [6.45, 7) is -0.254. The first-order chi connectivity index (χ1) is 15.8. The number of para-hydroxylation sites is 1. The second kappa shape index (κ2) is 9.77. The molecular formula is C25H22ClNO5S. The molecule has 8 heteroatoms. The SMILES string of the molecule is O=C(c1ccc(Cl)cc1)c1ccc(OCC(=O)N(c2ccccc2)C2CCS(=O)(=O)C2)cc1. The largest absolute Gasteiger partial charge is 0.484 e. The monoisotopic (exact) mass is 483 g/mol. The molecule has 1 atom stereocenters. The Hall–Kier alpha value is -3.16. The van der Waals surface area contributed by atoms with Crippen LogP contribution in [0.25, 0.3) is 0 Å². The van der Waals surface area contributed by atoms with E-state index in [0.717, 1.165) is 0 Å². The van der Waals surface area contributed by atoms with Crippen molar-refractivity contribution in [2.24, 2.45) is 0 Å². The number of halogens is 1. The van der Waals surface area contributed by atoms with Crippen LogP contribution in [0.1, 0.15) is 22.3 Å². The van der Waals surface area contributed by atoms with Gasteiger partial charge in [0.2, 0.25) is 0 Å². The molecule has 1 fully saturated rings. The van der Waals surface area contributed by atoms with E-state index in [1.165, 1.54) is 4.90 Å². The number of sulfone groups is 1. The zero-order valence-electron chi connectivity index (χ0n) is 17.7. The van der Waals surface area contributed by atoms with Gasteiger partial charge in [-0.3, -0.25) is 9.59 Å². The Morgan fingerprint density at radius 1 is 0.909 bits per heavy atom. The van der Waals surface area contributed by atoms with Crippen molar-refractivity contribution in [2.75, 3.05) is 23.0 Å². The molecule has 0 aliphatic carbocycles. The van der Waals surface area contributed by atoms with Gasteiger partial charge in [0.15, 0.2) is 22.2 Å². The molecule has 0 N–H and O–H groups in total. The minimum Gasteiger partial charge on any atom is -0.484 e. The molecule has 6 nitrogen and oxygen atoms in total. The first-order valence-corrected chi connectivity index (χ1v) is 12.6. The fraction of sp³-hybridized carbons (Fsp3) is 0.200. The zero-order valence-corrected chi connectivity index (χ0v) is 19.3. The van der Waals surface area contributed by atoms with Gasteiger partial charge in [-0.15, -0.1) is 0 Å². The highest BCUT2D eigenvalue weighted by molar-refractivity contribution is 7.91. The van der Waals surface area contributed by atoms with E-state index in [9.17, 15) is 18.0 Å². The quantitative estimate of drug-likeness (QED) is 0.471. The lowest BCUT2D eigenvalue weighted by molar-refractivity contribution is -0.121. The van der Waals surface area contributed by atoms with Gasteiger partial charge < -0.3 is 9.64 Å². The molecule has 1 amide bonds. The highest BCUT2D eigenvalue weighted by Crippen LogP contribution is 2.25. The van der Waals surface area contributed by atoms with E-state index >= 15 is 0 Å². The van der Waals surface area contributed by atoms with Crippen molar-refractivity contribution in [1.29, 1.82) is 0 Å². The fourth-order valence-corrected chi connectivity index (χ4v) is 5.64. The van der Waals surface area contributed by atoms with Crippen molar-refractivity contribution < 1.29 is 22.7 Å². The molecule has 1 aliphatic heterocycles. The van der Waals surface area contributed by atoms with E-state index in [0.29, 0.717) is 34.0 Å². The maximum absolute atomic E-state index is 13.0. The summed E-state index contributed by atoms with van der Waals surface area (Å²) in [7, 11) is -3.16. The lowest BCUT2D eigenvalue weighted by atomic mass is 10.0. The number of amides is 1. The predicted molar refractivity (Wildman–Crippen MR) is 128 cm³/mol. The maximum Gasteiger partial charge on any atom is 0.265 e. The summed E-state index contributed by atoms with van der Waals surface area (Å²) < 4.78 is 29.6. The number of carbonyl (C=O) groups excluding carboxylic acids is 2. The molecule has 33 heavy (non-hydrogen) atoms. The lowest BCUT2D eigenvalue weighted by Crippen LogP contribution is -2.43. The van der Waals surface area contributed by atoms with Gasteiger partial charge in [-0.1, -0.05) is 29.8 Å². The third kappa shape index (κ3) is 5.61. The van der Waals surface area contributed by atoms with Crippen LogP contribution >= 0.6 is 11.6 Å². The van der Waals surface area contributed by atoms with Crippen molar-refractivity contribution in [3.8, 4) is 5.75 Å². The highest BCUT2D eigenvalue weighted by atomic mass is 35.5. The van der Waals surface area contributed by atoms with Crippen LogP contribution in [-0.4, -0.2) is 44.3 Å². The lowest BCUT2D eigenvalue weighted by Gasteiger charge is -2.28.